The smallest absolute Gasteiger partial charge is 0.339 e. The Morgan fingerprint density at radius 1 is 1.00 bits per heavy atom. The van der Waals surface area contributed by atoms with Crippen LogP contribution in [0.2, 0.25) is 0 Å². The number of ether oxygens (including phenoxy) is 4. The van der Waals surface area contributed by atoms with E-state index in [1.807, 2.05) is 20.8 Å². The van der Waals surface area contributed by atoms with Crippen LogP contribution in [0.15, 0.2) is 23.0 Å². The lowest BCUT2D eigenvalue weighted by Gasteiger charge is -2.68. The van der Waals surface area contributed by atoms with Gasteiger partial charge in [0.25, 0.3) is 0 Å². The third-order valence-corrected chi connectivity index (χ3v) is 11.8. The van der Waals surface area contributed by atoms with Crippen LogP contribution in [-0.2, 0) is 33.3 Å². The molecule has 1 aromatic rings. The molecule has 3 aliphatic carbocycles. The average Bonchev–Trinajstić information content (AvgIpc) is 3.34. The number of hydrogen-bond acceptors (Lipinski definition) is 9. The number of cyclic esters (lactones) is 2. The van der Waals surface area contributed by atoms with Gasteiger partial charge in [-0.2, -0.15) is 0 Å². The summed E-state index contributed by atoms with van der Waals surface area (Å²) in [6.07, 6.45) is 1.70. The van der Waals surface area contributed by atoms with Gasteiger partial charge >= 0.3 is 11.9 Å². The van der Waals surface area contributed by atoms with Crippen LogP contribution in [0, 0.1) is 39.9 Å². The number of Topliss-reactive ketones (excluding diaryl/α,β-unsaturated/α-hetero) is 1. The number of esters is 2. The molecule has 2 bridgehead atoms. The van der Waals surface area contributed by atoms with Crippen molar-refractivity contribution >= 4 is 17.7 Å². The molecule has 4 aliphatic heterocycles. The van der Waals surface area contributed by atoms with Crippen LogP contribution in [0.3, 0.4) is 0 Å². The van der Waals surface area contributed by atoms with Crippen LogP contribution in [0.25, 0.3) is 0 Å². The van der Waals surface area contributed by atoms with Gasteiger partial charge in [0, 0.05) is 21.8 Å². The number of carbonyl (C=O) groups is 3. The van der Waals surface area contributed by atoms with Crippen molar-refractivity contribution in [3.05, 3.63) is 24.2 Å². The highest BCUT2D eigenvalue weighted by Gasteiger charge is 2.92. The number of aliphatic hydroxyl groups is 1. The normalized spacial score (nSPS) is 56.3. The van der Waals surface area contributed by atoms with E-state index < -0.39 is 69.7 Å². The Balaban J connectivity index is 1.40. The standard InChI is InChI=1S/C28H32O9/c1-24(2)17-15(29)18(30)26(4)16-12(5-6-14-20(36-24)27(16,17)11-34-22(14)31)9-25(3)19(13-7-8-33-10-13)35-23(32)21-28(25,26)37-21/h7-8,10,12,14,16-21,30H,5-6,9,11H2,1-4H3/t12-,14+,16+,17-,18-,19+,20+,21-,25+,26+,27-,28+/m1/s1. The Hall–Kier alpha value is -2.23. The fourth-order valence-corrected chi connectivity index (χ4v) is 11.0. The highest BCUT2D eigenvalue weighted by atomic mass is 16.7. The molecule has 0 unspecified atom stereocenters. The average molecular weight is 513 g/mol. The van der Waals surface area contributed by atoms with E-state index in [9.17, 15) is 19.5 Å². The van der Waals surface area contributed by atoms with Crippen molar-refractivity contribution in [2.24, 2.45) is 39.9 Å². The molecule has 5 heterocycles. The van der Waals surface area contributed by atoms with Gasteiger partial charge in [0.15, 0.2) is 11.9 Å². The molecule has 8 rings (SSSR count). The van der Waals surface area contributed by atoms with Gasteiger partial charge in [-0.15, -0.1) is 0 Å². The van der Waals surface area contributed by atoms with Crippen LogP contribution in [-0.4, -0.2) is 58.9 Å². The lowest BCUT2D eigenvalue weighted by molar-refractivity contribution is -0.266. The van der Waals surface area contributed by atoms with Gasteiger partial charge < -0.3 is 28.5 Å². The first kappa shape index (κ1) is 22.7. The highest BCUT2D eigenvalue weighted by Crippen LogP contribution is 2.82. The molecule has 37 heavy (non-hydrogen) atoms. The number of carbonyl (C=O) groups excluding carboxylic acids is 3. The molecule has 198 valence electrons. The zero-order valence-corrected chi connectivity index (χ0v) is 21.4. The fourth-order valence-electron chi connectivity index (χ4n) is 11.0. The van der Waals surface area contributed by atoms with E-state index in [4.69, 9.17) is 23.4 Å². The third kappa shape index (κ3) is 2.12. The van der Waals surface area contributed by atoms with Crippen LogP contribution in [0.5, 0.6) is 0 Å². The van der Waals surface area contributed by atoms with E-state index in [2.05, 4.69) is 6.92 Å². The molecule has 9 nitrogen and oxygen atoms in total. The van der Waals surface area contributed by atoms with E-state index in [0.717, 1.165) is 12.0 Å². The largest absolute Gasteiger partial charge is 0.472 e. The third-order valence-electron chi connectivity index (χ3n) is 11.8. The van der Waals surface area contributed by atoms with E-state index in [0.29, 0.717) is 12.8 Å². The summed E-state index contributed by atoms with van der Waals surface area (Å²) in [6, 6.07) is 1.79. The molecule has 2 spiro atoms. The minimum atomic E-state index is -1.37. The van der Waals surface area contributed by atoms with Crippen molar-refractivity contribution in [1.29, 1.82) is 0 Å². The van der Waals surface area contributed by atoms with Gasteiger partial charge in [0.2, 0.25) is 0 Å². The number of ketones is 1. The maximum absolute atomic E-state index is 14.3. The van der Waals surface area contributed by atoms with Crippen LogP contribution < -0.4 is 0 Å². The fraction of sp³-hybridized carbons (Fsp3) is 0.750. The summed E-state index contributed by atoms with van der Waals surface area (Å²) < 4.78 is 30.3. The minimum Gasteiger partial charge on any atom is -0.472 e. The highest BCUT2D eigenvalue weighted by molar-refractivity contribution is 5.92. The van der Waals surface area contributed by atoms with Gasteiger partial charge in [0.05, 0.1) is 36.1 Å². The molecule has 3 saturated carbocycles. The Morgan fingerprint density at radius 2 is 1.78 bits per heavy atom. The van der Waals surface area contributed by atoms with Gasteiger partial charge in [-0.1, -0.05) is 13.8 Å². The molecule has 9 heteroatoms. The van der Waals surface area contributed by atoms with Crippen molar-refractivity contribution < 1.29 is 42.9 Å². The Kier molecular flexibility index (Phi) is 3.88. The Bertz CT molecular complexity index is 1250. The first-order valence-corrected chi connectivity index (χ1v) is 13.4. The summed E-state index contributed by atoms with van der Waals surface area (Å²) >= 11 is 0. The maximum atomic E-state index is 14.3. The molecular formula is C28H32O9. The van der Waals surface area contributed by atoms with Crippen molar-refractivity contribution in [2.45, 2.75) is 82.6 Å². The molecule has 0 radical (unpaired) electrons. The van der Waals surface area contributed by atoms with Crippen molar-refractivity contribution in [3.8, 4) is 0 Å². The summed E-state index contributed by atoms with van der Waals surface area (Å²) in [6.45, 7) is 7.84. The molecule has 12 atom stereocenters. The molecule has 4 saturated heterocycles. The molecule has 1 aromatic heterocycles. The molecule has 0 amide bonds. The van der Waals surface area contributed by atoms with E-state index in [-0.39, 0.29) is 30.2 Å². The molecule has 7 fully saturated rings. The number of hydrogen-bond donors (Lipinski definition) is 1. The molecule has 1 N–H and O–H groups in total. The number of rotatable bonds is 1. The molecule has 7 aliphatic rings. The van der Waals surface area contributed by atoms with Gasteiger partial charge in [-0.05, 0) is 51.0 Å². The first-order chi connectivity index (χ1) is 17.4. The first-order valence-electron chi connectivity index (χ1n) is 13.4. The van der Waals surface area contributed by atoms with Crippen LogP contribution >= 0.6 is 0 Å². The van der Waals surface area contributed by atoms with Gasteiger partial charge in [0.1, 0.15) is 24.4 Å². The van der Waals surface area contributed by atoms with Gasteiger partial charge in [-0.25, -0.2) is 4.79 Å². The zero-order chi connectivity index (χ0) is 25.9. The summed E-state index contributed by atoms with van der Waals surface area (Å²) in [5, 5.41) is 12.1. The summed E-state index contributed by atoms with van der Waals surface area (Å²) in [7, 11) is 0. The van der Waals surface area contributed by atoms with Crippen LogP contribution in [0.4, 0.5) is 0 Å². The maximum Gasteiger partial charge on any atom is 0.339 e. The SMILES string of the molecule is CC1(C)O[C@H]2[C@@H]3CC[C@@H]4C[C@@]5(C)[C@H](c6ccoc6)OC(=O)[C@H]6O[C@@]65[C@]5(C)[C@H](O)C(=O)[C@H]1[C@@]2(COC3=O)[C@@H]45. The summed E-state index contributed by atoms with van der Waals surface area (Å²) in [4.78, 5) is 40.7. The monoisotopic (exact) mass is 512 g/mol. The van der Waals surface area contributed by atoms with Crippen molar-refractivity contribution in [3.63, 3.8) is 0 Å². The predicted molar refractivity (Wildman–Crippen MR) is 123 cm³/mol. The van der Waals surface area contributed by atoms with E-state index in [1.54, 1.807) is 18.6 Å². The number of epoxide rings is 1. The predicted octanol–water partition coefficient (Wildman–Crippen LogP) is 2.35. The van der Waals surface area contributed by atoms with Gasteiger partial charge in [-0.3, -0.25) is 9.59 Å². The summed E-state index contributed by atoms with van der Waals surface area (Å²) in [5.74, 6) is -2.39. The van der Waals surface area contributed by atoms with Crippen molar-refractivity contribution in [2.75, 3.05) is 6.61 Å². The Labute approximate surface area is 214 Å². The lowest BCUT2D eigenvalue weighted by atomic mass is 9.34. The molecule has 0 aromatic carbocycles. The second-order valence-corrected chi connectivity index (χ2v) is 13.5. The topological polar surface area (TPSA) is 125 Å². The second kappa shape index (κ2) is 6.32. The van der Waals surface area contributed by atoms with E-state index >= 15 is 0 Å². The lowest BCUT2D eigenvalue weighted by Crippen LogP contribution is -2.77. The second-order valence-electron chi connectivity index (χ2n) is 13.5. The quantitative estimate of drug-likeness (QED) is 0.446. The number of aliphatic hydroxyl groups excluding tert-OH is 1. The molecular weight excluding hydrogens is 480 g/mol. The van der Waals surface area contributed by atoms with Crippen LogP contribution in [0.1, 0.15) is 58.6 Å². The van der Waals surface area contributed by atoms with Crippen molar-refractivity contribution in [1.82, 2.24) is 0 Å². The minimum absolute atomic E-state index is 0.0291. The zero-order valence-electron chi connectivity index (χ0n) is 21.4. The Morgan fingerprint density at radius 3 is 2.51 bits per heavy atom. The number of furan rings is 1. The van der Waals surface area contributed by atoms with E-state index in [1.165, 1.54) is 0 Å². The summed E-state index contributed by atoms with van der Waals surface area (Å²) in [5.41, 5.74) is -3.91.